The Morgan fingerprint density at radius 3 is 2.70 bits per heavy atom. The molecule has 0 spiro atoms. The van der Waals surface area contributed by atoms with Crippen LogP contribution in [0.5, 0.6) is 0 Å². The number of rotatable bonds is 10. The van der Waals surface area contributed by atoms with Crippen molar-refractivity contribution in [2.75, 3.05) is 43.9 Å². The van der Waals surface area contributed by atoms with Gasteiger partial charge in [-0.05, 0) is 92.9 Å². The van der Waals surface area contributed by atoms with Crippen LogP contribution in [0.25, 0.3) is 11.3 Å². The first-order chi connectivity index (χ1) is 21.0. The summed E-state index contributed by atoms with van der Waals surface area (Å²) in [6.07, 6.45) is 8.13. The molecule has 5 rings (SSSR count). The van der Waals surface area contributed by atoms with Gasteiger partial charge < -0.3 is 25.0 Å². The van der Waals surface area contributed by atoms with E-state index in [0.29, 0.717) is 30.2 Å². The van der Waals surface area contributed by atoms with Crippen LogP contribution in [0.1, 0.15) is 40.2 Å². The lowest BCUT2D eigenvalue weighted by Gasteiger charge is -2.30. The second-order valence-corrected chi connectivity index (χ2v) is 10.4. The van der Waals surface area contributed by atoms with E-state index in [1.165, 1.54) is 24.9 Å². The maximum atomic E-state index is 13.0. The summed E-state index contributed by atoms with van der Waals surface area (Å²) in [4.78, 5) is 37.9. The van der Waals surface area contributed by atoms with E-state index in [2.05, 4.69) is 68.4 Å². The third-order valence-corrected chi connectivity index (χ3v) is 7.20. The van der Waals surface area contributed by atoms with Crippen LogP contribution in [0.15, 0.2) is 79.3 Å². The van der Waals surface area contributed by atoms with E-state index < -0.39 is 0 Å². The number of nitrogens with zero attached hydrogens (tertiary/aromatic N) is 4. The Labute approximate surface area is 254 Å². The summed E-state index contributed by atoms with van der Waals surface area (Å²) >= 11 is 0. The Bertz CT molecular complexity index is 1470. The number of aryl methyl sites for hydroxylation is 1. The molecule has 2 aromatic heterocycles. The largest absolute Gasteiger partial charge is 0.441 e. The lowest BCUT2D eigenvalue weighted by atomic mass is 9.91. The van der Waals surface area contributed by atoms with Gasteiger partial charge in [-0.15, -0.1) is 9.24 Å². The molecular weight excluding hydrogens is 563 g/mol. The number of likely N-dealkylation sites (N-methyl/N-ethyl adjacent to an activating group) is 1. The minimum Gasteiger partial charge on any atom is -0.441 e. The monoisotopic (exact) mass is 600 g/mol. The van der Waals surface area contributed by atoms with Crippen LogP contribution in [0, 0.1) is 6.92 Å². The molecule has 2 N–H and O–H groups in total. The molecule has 224 valence electrons. The second-order valence-electron chi connectivity index (χ2n) is 10.1. The Balaban J connectivity index is 0.000000541. The average Bonchev–Trinajstić information content (AvgIpc) is 3.03. The van der Waals surface area contributed by atoms with Crippen molar-refractivity contribution in [3.8, 4) is 11.3 Å². The van der Waals surface area contributed by atoms with Crippen molar-refractivity contribution in [3.63, 3.8) is 0 Å². The van der Waals surface area contributed by atoms with Gasteiger partial charge >= 0.3 is 0 Å². The SMILES string of the molecule is Cc1ccc(C(=O)Nc2ccc(C3CCCN(C)C3)cc2)cc1Nc1nccc(-c2cccnc2)n1.O=COCOCP. The molecule has 11 heteroatoms. The van der Waals surface area contributed by atoms with E-state index in [0.717, 1.165) is 34.7 Å². The molecule has 2 unspecified atom stereocenters. The molecule has 1 aliphatic rings. The predicted molar refractivity (Wildman–Crippen MR) is 171 cm³/mol. The Hall–Kier alpha value is -4.24. The first-order valence-electron chi connectivity index (χ1n) is 14.0. The van der Waals surface area contributed by atoms with Gasteiger partial charge in [0.1, 0.15) is 0 Å². The lowest BCUT2D eigenvalue weighted by Crippen LogP contribution is -2.30. The summed E-state index contributed by atoms with van der Waals surface area (Å²) in [5.74, 6) is 0.854. The van der Waals surface area contributed by atoms with Crippen LogP contribution in [0.4, 0.5) is 17.3 Å². The number of ether oxygens (including phenoxy) is 2. The molecule has 43 heavy (non-hydrogen) atoms. The van der Waals surface area contributed by atoms with Gasteiger partial charge in [0.2, 0.25) is 5.95 Å². The van der Waals surface area contributed by atoms with Crippen LogP contribution in [-0.4, -0.2) is 65.5 Å². The topological polar surface area (TPSA) is 119 Å². The number of piperidine rings is 1. The zero-order valence-corrected chi connectivity index (χ0v) is 25.6. The molecule has 10 nitrogen and oxygen atoms in total. The minimum absolute atomic E-state index is 0.0486. The van der Waals surface area contributed by atoms with E-state index in [-0.39, 0.29) is 12.7 Å². The van der Waals surface area contributed by atoms with Crippen molar-refractivity contribution < 1.29 is 19.1 Å². The Morgan fingerprint density at radius 1 is 1.14 bits per heavy atom. The lowest BCUT2D eigenvalue weighted by molar-refractivity contribution is -0.138. The molecule has 1 aliphatic heterocycles. The van der Waals surface area contributed by atoms with Crippen LogP contribution < -0.4 is 10.6 Å². The molecule has 0 radical (unpaired) electrons. The number of benzene rings is 2. The van der Waals surface area contributed by atoms with Gasteiger partial charge in [-0.25, -0.2) is 9.97 Å². The van der Waals surface area contributed by atoms with Crippen LogP contribution in [0.2, 0.25) is 0 Å². The number of carbonyl (C=O) groups excluding carboxylic acids is 2. The van der Waals surface area contributed by atoms with Crippen molar-refractivity contribution in [2.45, 2.75) is 25.7 Å². The van der Waals surface area contributed by atoms with Gasteiger partial charge in [-0.2, -0.15) is 0 Å². The van der Waals surface area contributed by atoms with Crippen molar-refractivity contribution >= 4 is 38.9 Å². The highest BCUT2D eigenvalue weighted by atomic mass is 31.0. The standard InChI is InChI=1S/C29H30N6O.C3H7O3P/c1-20-7-8-22(17-27(20)34-29-31-15-13-26(33-29)23-5-3-14-30-18-23)28(36)32-25-11-9-21(10-12-25)24-6-4-16-35(2)19-24;4-1-5-2-6-3-7/h3,5,7-15,17-18,24H,4,6,16,19H2,1-2H3,(H,32,36)(H,31,33,34);1H,2-3,7H2. The van der Waals surface area contributed by atoms with Crippen molar-refractivity contribution in [3.05, 3.63) is 95.9 Å². The smallest absolute Gasteiger partial charge is 0.295 e. The summed E-state index contributed by atoms with van der Waals surface area (Å²) in [5, 5.41) is 6.29. The summed E-state index contributed by atoms with van der Waals surface area (Å²) in [6, 6.07) is 19.5. The Morgan fingerprint density at radius 2 is 1.98 bits per heavy atom. The first-order valence-corrected chi connectivity index (χ1v) is 14.8. The van der Waals surface area contributed by atoms with E-state index >= 15 is 0 Å². The predicted octanol–water partition coefficient (Wildman–Crippen LogP) is 5.62. The number of anilines is 3. The first kappa shape index (κ1) is 31.7. The number of hydrogen-bond donors (Lipinski definition) is 2. The molecule has 2 atom stereocenters. The number of hydrogen-bond acceptors (Lipinski definition) is 9. The van der Waals surface area contributed by atoms with E-state index in [1.807, 2.05) is 55.5 Å². The third kappa shape index (κ3) is 9.64. The van der Waals surface area contributed by atoms with E-state index in [1.54, 1.807) is 18.6 Å². The second kappa shape index (κ2) is 16.4. The number of amides is 1. The van der Waals surface area contributed by atoms with Crippen LogP contribution in [-0.2, 0) is 14.3 Å². The van der Waals surface area contributed by atoms with Gasteiger partial charge in [0, 0.05) is 47.6 Å². The van der Waals surface area contributed by atoms with E-state index in [4.69, 9.17) is 0 Å². The van der Waals surface area contributed by atoms with Gasteiger partial charge in [0.15, 0.2) is 6.79 Å². The van der Waals surface area contributed by atoms with Crippen LogP contribution >= 0.6 is 9.24 Å². The zero-order valence-electron chi connectivity index (χ0n) is 24.4. The molecule has 0 aliphatic carbocycles. The molecule has 0 saturated carbocycles. The molecule has 3 heterocycles. The highest BCUT2D eigenvalue weighted by molar-refractivity contribution is 7.16. The Kier molecular flexibility index (Phi) is 12.1. The maximum absolute atomic E-state index is 13.0. The van der Waals surface area contributed by atoms with Gasteiger partial charge in [-0.3, -0.25) is 14.6 Å². The minimum atomic E-state index is -0.159. The van der Waals surface area contributed by atoms with Crippen molar-refractivity contribution in [1.29, 1.82) is 0 Å². The summed E-state index contributed by atoms with van der Waals surface area (Å²) in [7, 11) is 4.51. The number of nitrogens with one attached hydrogen (secondary N) is 2. The average molecular weight is 601 g/mol. The van der Waals surface area contributed by atoms with Crippen molar-refractivity contribution in [2.24, 2.45) is 0 Å². The number of carbonyl (C=O) groups is 2. The number of pyridine rings is 1. The zero-order chi connectivity index (χ0) is 30.4. The summed E-state index contributed by atoms with van der Waals surface area (Å²) in [6.45, 7) is 4.63. The van der Waals surface area contributed by atoms with Gasteiger partial charge in [-0.1, -0.05) is 18.2 Å². The fourth-order valence-corrected chi connectivity index (χ4v) is 4.81. The third-order valence-electron chi connectivity index (χ3n) is 6.96. The highest BCUT2D eigenvalue weighted by Gasteiger charge is 2.19. The highest BCUT2D eigenvalue weighted by Crippen LogP contribution is 2.28. The molecule has 1 fully saturated rings. The van der Waals surface area contributed by atoms with Gasteiger partial charge in [0.05, 0.1) is 12.0 Å². The fourth-order valence-electron chi connectivity index (χ4n) is 4.72. The van der Waals surface area contributed by atoms with Gasteiger partial charge in [0.25, 0.3) is 12.4 Å². The molecule has 1 amide bonds. The maximum Gasteiger partial charge on any atom is 0.295 e. The summed E-state index contributed by atoms with van der Waals surface area (Å²) < 4.78 is 8.74. The quantitative estimate of drug-likeness (QED) is 0.104. The van der Waals surface area contributed by atoms with Crippen molar-refractivity contribution in [1.82, 2.24) is 19.9 Å². The molecule has 1 saturated heterocycles. The number of likely N-dealkylation sites (tertiary alicyclic amines) is 1. The normalized spacial score (nSPS) is 14.6. The van der Waals surface area contributed by atoms with E-state index in [9.17, 15) is 9.59 Å². The van der Waals surface area contributed by atoms with Crippen LogP contribution in [0.3, 0.4) is 0 Å². The molecular formula is C32H37N6O4P. The molecule has 0 bridgehead atoms. The number of aromatic nitrogens is 3. The molecule has 2 aromatic carbocycles. The molecule has 4 aromatic rings. The fraction of sp³-hybridized carbons (Fsp3) is 0.281. The summed E-state index contributed by atoms with van der Waals surface area (Å²) in [5.41, 5.74) is 6.13.